The van der Waals surface area contributed by atoms with E-state index >= 15 is 0 Å². The molecular formula is C13H8Cl2O2S. The first-order valence-electron chi connectivity index (χ1n) is 5.04. The number of halogens is 2. The van der Waals surface area contributed by atoms with Crippen LogP contribution >= 0.6 is 35.4 Å². The first kappa shape index (κ1) is 13.1. The number of ether oxygens (including phenoxy) is 2. The van der Waals surface area contributed by atoms with Crippen molar-refractivity contribution in [3.8, 4) is 11.5 Å². The van der Waals surface area contributed by atoms with Crippen LogP contribution in [-0.4, -0.2) is 5.24 Å². The Morgan fingerprint density at radius 1 is 0.833 bits per heavy atom. The molecule has 0 saturated heterocycles. The Kier molecular flexibility index (Phi) is 4.42. The fraction of sp³-hybridized carbons (Fsp3) is 0. The quantitative estimate of drug-likeness (QED) is 0.746. The predicted molar refractivity (Wildman–Crippen MR) is 76.8 cm³/mol. The van der Waals surface area contributed by atoms with Gasteiger partial charge in [-0.1, -0.05) is 35.3 Å². The molecular weight excluding hydrogens is 291 g/mol. The topological polar surface area (TPSA) is 18.5 Å². The van der Waals surface area contributed by atoms with Crippen molar-refractivity contribution in [3.05, 3.63) is 58.6 Å². The lowest BCUT2D eigenvalue weighted by Crippen LogP contribution is -2.13. The van der Waals surface area contributed by atoms with Gasteiger partial charge in [0.1, 0.15) is 11.5 Å². The van der Waals surface area contributed by atoms with Crippen molar-refractivity contribution in [1.29, 1.82) is 0 Å². The number of benzene rings is 2. The van der Waals surface area contributed by atoms with Crippen molar-refractivity contribution in [2.75, 3.05) is 0 Å². The SMILES string of the molecule is S=C(Oc1cccc(Cl)c1)Oc1cccc(Cl)c1. The molecule has 2 aromatic rings. The van der Waals surface area contributed by atoms with Crippen molar-refractivity contribution in [2.24, 2.45) is 0 Å². The largest absolute Gasteiger partial charge is 0.417 e. The molecule has 0 bridgehead atoms. The first-order valence-corrected chi connectivity index (χ1v) is 6.21. The van der Waals surface area contributed by atoms with E-state index in [9.17, 15) is 0 Å². The zero-order chi connectivity index (χ0) is 13.0. The Morgan fingerprint density at radius 3 is 1.67 bits per heavy atom. The summed E-state index contributed by atoms with van der Waals surface area (Å²) in [6.07, 6.45) is 0. The molecule has 0 amide bonds. The molecule has 0 aliphatic rings. The zero-order valence-corrected chi connectivity index (χ0v) is 11.4. The second-order valence-electron chi connectivity index (χ2n) is 3.37. The van der Waals surface area contributed by atoms with Crippen LogP contribution in [0.4, 0.5) is 0 Å². The average molecular weight is 299 g/mol. The van der Waals surface area contributed by atoms with Crippen LogP contribution in [0.25, 0.3) is 0 Å². The summed E-state index contributed by atoms with van der Waals surface area (Å²) in [5, 5.41) is 1.12. The molecule has 0 unspecified atom stereocenters. The minimum absolute atomic E-state index is 0.0143. The molecule has 2 rings (SSSR count). The molecule has 0 saturated carbocycles. The first-order chi connectivity index (χ1) is 8.63. The van der Waals surface area contributed by atoms with Crippen LogP contribution in [0.2, 0.25) is 10.0 Å². The third-order valence-corrected chi connectivity index (χ3v) is 2.63. The van der Waals surface area contributed by atoms with Gasteiger partial charge in [-0.05, 0) is 36.4 Å². The number of thiocarbonyl (C=S) groups is 1. The highest BCUT2D eigenvalue weighted by Gasteiger charge is 2.04. The van der Waals surface area contributed by atoms with Crippen molar-refractivity contribution in [2.45, 2.75) is 0 Å². The Balaban J connectivity index is 2.01. The Morgan fingerprint density at radius 2 is 1.28 bits per heavy atom. The van der Waals surface area contributed by atoms with E-state index in [2.05, 4.69) is 0 Å². The van der Waals surface area contributed by atoms with E-state index in [1.807, 2.05) is 0 Å². The van der Waals surface area contributed by atoms with E-state index in [1.54, 1.807) is 48.5 Å². The monoisotopic (exact) mass is 298 g/mol. The normalized spacial score (nSPS) is 9.89. The lowest BCUT2D eigenvalue weighted by atomic mass is 10.3. The highest BCUT2D eigenvalue weighted by molar-refractivity contribution is 7.79. The molecule has 2 aromatic carbocycles. The molecule has 0 heterocycles. The van der Waals surface area contributed by atoms with Gasteiger partial charge in [-0.25, -0.2) is 0 Å². The van der Waals surface area contributed by atoms with Crippen LogP contribution in [-0.2, 0) is 0 Å². The molecule has 0 aliphatic heterocycles. The van der Waals surface area contributed by atoms with E-state index < -0.39 is 0 Å². The van der Waals surface area contributed by atoms with Crippen molar-refractivity contribution >= 4 is 40.7 Å². The number of hydrogen-bond donors (Lipinski definition) is 0. The standard InChI is InChI=1S/C13H8Cl2O2S/c14-9-3-1-5-11(7-9)16-13(18)17-12-6-2-4-10(15)8-12/h1-8H. The second-order valence-corrected chi connectivity index (χ2v) is 4.58. The van der Waals surface area contributed by atoms with Crippen molar-refractivity contribution < 1.29 is 9.47 Å². The smallest absolute Gasteiger partial charge is 0.363 e. The molecule has 0 atom stereocenters. The zero-order valence-electron chi connectivity index (χ0n) is 9.10. The fourth-order valence-electron chi connectivity index (χ4n) is 1.27. The molecule has 0 aliphatic carbocycles. The summed E-state index contributed by atoms with van der Waals surface area (Å²) in [4.78, 5) is 0. The maximum absolute atomic E-state index is 5.83. The lowest BCUT2D eigenvalue weighted by molar-refractivity contribution is 0.403. The van der Waals surface area contributed by atoms with Gasteiger partial charge in [-0.3, -0.25) is 0 Å². The summed E-state index contributed by atoms with van der Waals surface area (Å²) in [5.41, 5.74) is 0. The summed E-state index contributed by atoms with van der Waals surface area (Å²) in [6, 6.07) is 13.8. The van der Waals surface area contributed by atoms with Gasteiger partial charge < -0.3 is 9.47 Å². The lowest BCUT2D eigenvalue weighted by Gasteiger charge is -2.08. The number of rotatable bonds is 2. The minimum Gasteiger partial charge on any atom is -0.417 e. The van der Waals surface area contributed by atoms with E-state index in [0.29, 0.717) is 21.5 Å². The molecule has 5 heteroatoms. The van der Waals surface area contributed by atoms with Crippen LogP contribution < -0.4 is 9.47 Å². The summed E-state index contributed by atoms with van der Waals surface area (Å²) in [6.45, 7) is 0. The third kappa shape index (κ3) is 3.88. The van der Waals surface area contributed by atoms with Crippen LogP contribution in [0, 0.1) is 0 Å². The van der Waals surface area contributed by atoms with E-state index in [1.165, 1.54) is 0 Å². The van der Waals surface area contributed by atoms with Gasteiger partial charge >= 0.3 is 5.24 Å². The molecule has 2 nitrogen and oxygen atoms in total. The fourth-order valence-corrected chi connectivity index (χ4v) is 1.83. The maximum atomic E-state index is 5.83. The predicted octanol–water partition coefficient (Wildman–Crippen LogP) is 4.74. The van der Waals surface area contributed by atoms with E-state index in [0.717, 1.165) is 0 Å². The van der Waals surface area contributed by atoms with Crippen molar-refractivity contribution in [3.63, 3.8) is 0 Å². The van der Waals surface area contributed by atoms with Crippen molar-refractivity contribution in [1.82, 2.24) is 0 Å². The van der Waals surface area contributed by atoms with Gasteiger partial charge in [0.05, 0.1) is 0 Å². The third-order valence-electron chi connectivity index (χ3n) is 1.99. The van der Waals surface area contributed by atoms with Gasteiger partial charge in [0.15, 0.2) is 0 Å². The van der Waals surface area contributed by atoms with Gasteiger partial charge in [-0.2, -0.15) is 0 Å². The van der Waals surface area contributed by atoms with E-state index in [-0.39, 0.29) is 5.24 Å². The molecule has 0 fully saturated rings. The van der Waals surface area contributed by atoms with Crippen LogP contribution in [0.1, 0.15) is 0 Å². The Bertz CT molecular complexity index is 523. The minimum atomic E-state index is -0.0143. The van der Waals surface area contributed by atoms with Gasteiger partial charge in [0, 0.05) is 22.3 Å². The average Bonchev–Trinajstić information content (AvgIpc) is 2.28. The summed E-state index contributed by atoms with van der Waals surface area (Å²) in [5.74, 6) is 1.05. The molecule has 0 radical (unpaired) electrons. The summed E-state index contributed by atoms with van der Waals surface area (Å²) >= 11 is 16.6. The molecule has 92 valence electrons. The molecule has 0 aromatic heterocycles. The van der Waals surface area contributed by atoms with Crippen LogP contribution in [0.15, 0.2) is 48.5 Å². The van der Waals surface area contributed by atoms with Crippen LogP contribution in [0.5, 0.6) is 11.5 Å². The highest BCUT2D eigenvalue weighted by Crippen LogP contribution is 2.20. The summed E-state index contributed by atoms with van der Waals surface area (Å²) < 4.78 is 10.6. The second kappa shape index (κ2) is 6.05. The highest BCUT2D eigenvalue weighted by atomic mass is 35.5. The molecule has 18 heavy (non-hydrogen) atoms. The molecule has 0 N–H and O–H groups in total. The Hall–Kier alpha value is -1.29. The van der Waals surface area contributed by atoms with Gasteiger partial charge in [0.2, 0.25) is 0 Å². The van der Waals surface area contributed by atoms with Gasteiger partial charge in [0.25, 0.3) is 0 Å². The Labute approximate surface area is 120 Å². The van der Waals surface area contributed by atoms with Gasteiger partial charge in [-0.15, -0.1) is 0 Å². The maximum Gasteiger partial charge on any atom is 0.363 e. The number of hydrogen-bond acceptors (Lipinski definition) is 3. The van der Waals surface area contributed by atoms with E-state index in [4.69, 9.17) is 44.9 Å². The molecule has 0 spiro atoms. The summed E-state index contributed by atoms with van der Waals surface area (Å²) in [7, 11) is 0. The van der Waals surface area contributed by atoms with Crippen LogP contribution in [0.3, 0.4) is 0 Å².